The average molecular weight is 251 g/mol. The highest BCUT2D eigenvalue weighted by Crippen LogP contribution is 2.36. The predicted octanol–water partition coefficient (Wildman–Crippen LogP) is 2.29. The summed E-state index contributed by atoms with van der Waals surface area (Å²) in [6.45, 7) is 2.12. The Balaban J connectivity index is 1.74. The van der Waals surface area contributed by atoms with Crippen molar-refractivity contribution in [3.8, 4) is 0 Å². The molecule has 17 heavy (non-hydrogen) atoms. The summed E-state index contributed by atoms with van der Waals surface area (Å²) in [7, 11) is -0.697. The summed E-state index contributed by atoms with van der Waals surface area (Å²) in [4.78, 5) is 0. The van der Waals surface area contributed by atoms with Gasteiger partial charge in [0.15, 0.2) is 0 Å². The minimum atomic E-state index is -0.697. The van der Waals surface area contributed by atoms with Crippen LogP contribution in [0.2, 0.25) is 0 Å². The molecule has 2 nitrogen and oxygen atoms in total. The summed E-state index contributed by atoms with van der Waals surface area (Å²) in [6, 6.07) is 11.7. The summed E-state index contributed by atoms with van der Waals surface area (Å²) >= 11 is 0. The van der Waals surface area contributed by atoms with Crippen molar-refractivity contribution < 1.29 is 4.21 Å². The maximum absolute atomic E-state index is 11.1. The van der Waals surface area contributed by atoms with Gasteiger partial charge < -0.3 is 5.32 Å². The van der Waals surface area contributed by atoms with Crippen LogP contribution >= 0.6 is 0 Å². The second kappa shape index (κ2) is 5.78. The summed E-state index contributed by atoms with van der Waals surface area (Å²) in [5.41, 5.74) is 1.46. The first-order valence-electron chi connectivity index (χ1n) is 6.26. The number of hydrogen-bond donors (Lipinski definition) is 1. The maximum Gasteiger partial charge on any atom is 0.0383 e. The molecule has 2 atom stereocenters. The lowest BCUT2D eigenvalue weighted by molar-refractivity contribution is 0.276. The molecule has 0 saturated heterocycles. The number of rotatable bonds is 5. The van der Waals surface area contributed by atoms with Crippen molar-refractivity contribution in [3.63, 3.8) is 0 Å². The highest BCUT2D eigenvalue weighted by molar-refractivity contribution is 7.84. The van der Waals surface area contributed by atoms with E-state index >= 15 is 0 Å². The largest absolute Gasteiger partial charge is 0.311 e. The topological polar surface area (TPSA) is 29.1 Å². The Kier molecular flexibility index (Phi) is 4.35. The summed E-state index contributed by atoms with van der Waals surface area (Å²) in [5.74, 6) is 1.47. The van der Waals surface area contributed by atoms with Crippen LogP contribution in [-0.2, 0) is 10.8 Å². The Morgan fingerprint density at radius 3 is 2.59 bits per heavy atom. The second-order valence-corrected chi connectivity index (χ2v) is 6.56. The molecule has 0 aromatic heterocycles. The minimum absolute atomic E-state index is 0.363. The lowest BCUT2D eigenvalue weighted by Gasteiger charge is -2.38. The lowest BCUT2D eigenvalue weighted by Crippen LogP contribution is -2.46. The molecule has 1 aromatic rings. The Labute approximate surface area is 106 Å². The SMILES string of the molecule is CC(CS(C)=O)NC1CC(c2ccccc2)C1. The molecule has 3 heteroatoms. The molecule has 0 bridgehead atoms. The van der Waals surface area contributed by atoms with E-state index < -0.39 is 10.8 Å². The average Bonchev–Trinajstić information content (AvgIpc) is 2.23. The van der Waals surface area contributed by atoms with E-state index in [2.05, 4.69) is 42.6 Å². The smallest absolute Gasteiger partial charge is 0.0383 e. The molecule has 1 N–H and O–H groups in total. The van der Waals surface area contributed by atoms with Gasteiger partial charge >= 0.3 is 0 Å². The highest BCUT2D eigenvalue weighted by atomic mass is 32.2. The molecule has 2 unspecified atom stereocenters. The zero-order chi connectivity index (χ0) is 12.3. The third kappa shape index (κ3) is 3.65. The summed E-state index contributed by atoms with van der Waals surface area (Å²) in [5, 5.41) is 3.55. The van der Waals surface area contributed by atoms with Crippen LogP contribution in [0.3, 0.4) is 0 Å². The third-order valence-corrected chi connectivity index (χ3v) is 4.38. The molecule has 0 heterocycles. The molecule has 1 aliphatic rings. The van der Waals surface area contributed by atoms with Gasteiger partial charge in [0, 0.05) is 34.9 Å². The molecule has 1 saturated carbocycles. The van der Waals surface area contributed by atoms with Crippen LogP contribution in [0.4, 0.5) is 0 Å². The molecule has 1 fully saturated rings. The van der Waals surface area contributed by atoms with Crippen molar-refractivity contribution in [1.82, 2.24) is 5.32 Å². The fourth-order valence-electron chi connectivity index (χ4n) is 2.55. The molecule has 1 aliphatic carbocycles. The van der Waals surface area contributed by atoms with Crippen LogP contribution in [-0.4, -0.2) is 28.3 Å². The Morgan fingerprint density at radius 2 is 2.00 bits per heavy atom. The van der Waals surface area contributed by atoms with Gasteiger partial charge in [0.2, 0.25) is 0 Å². The highest BCUT2D eigenvalue weighted by Gasteiger charge is 2.30. The van der Waals surface area contributed by atoms with Gasteiger partial charge in [-0.3, -0.25) is 4.21 Å². The van der Waals surface area contributed by atoms with Crippen LogP contribution in [0.1, 0.15) is 31.2 Å². The molecule has 0 radical (unpaired) electrons. The van der Waals surface area contributed by atoms with Gasteiger partial charge in [-0.2, -0.15) is 0 Å². The molecule has 94 valence electrons. The molecule has 1 aromatic carbocycles. The van der Waals surface area contributed by atoms with Crippen molar-refractivity contribution in [2.45, 2.75) is 37.8 Å². The van der Waals surface area contributed by atoms with E-state index in [-0.39, 0.29) is 0 Å². The Morgan fingerprint density at radius 1 is 1.35 bits per heavy atom. The van der Waals surface area contributed by atoms with E-state index in [0.717, 1.165) is 5.75 Å². The molecule has 0 aliphatic heterocycles. The fourth-order valence-corrected chi connectivity index (χ4v) is 3.35. The first kappa shape index (κ1) is 12.8. The lowest BCUT2D eigenvalue weighted by atomic mass is 9.75. The van der Waals surface area contributed by atoms with Crippen LogP contribution < -0.4 is 5.32 Å². The van der Waals surface area contributed by atoms with Crippen molar-refractivity contribution in [2.24, 2.45) is 0 Å². The van der Waals surface area contributed by atoms with E-state index in [9.17, 15) is 4.21 Å². The number of hydrogen-bond acceptors (Lipinski definition) is 2. The van der Waals surface area contributed by atoms with Gasteiger partial charge in [0.1, 0.15) is 0 Å². The zero-order valence-electron chi connectivity index (χ0n) is 10.6. The van der Waals surface area contributed by atoms with E-state index in [4.69, 9.17) is 0 Å². The van der Waals surface area contributed by atoms with E-state index in [1.165, 1.54) is 18.4 Å². The normalized spacial score (nSPS) is 27.2. The van der Waals surface area contributed by atoms with Gasteiger partial charge in [-0.25, -0.2) is 0 Å². The van der Waals surface area contributed by atoms with Gasteiger partial charge in [-0.1, -0.05) is 30.3 Å². The maximum atomic E-state index is 11.1. The van der Waals surface area contributed by atoms with Crippen molar-refractivity contribution in [1.29, 1.82) is 0 Å². The monoisotopic (exact) mass is 251 g/mol. The quantitative estimate of drug-likeness (QED) is 0.870. The summed E-state index contributed by atoms with van der Waals surface area (Å²) in [6.07, 6.45) is 4.20. The van der Waals surface area contributed by atoms with Gasteiger partial charge in [0.05, 0.1) is 0 Å². The van der Waals surface area contributed by atoms with Gasteiger partial charge in [-0.15, -0.1) is 0 Å². The third-order valence-electron chi connectivity index (χ3n) is 3.41. The molecule has 2 rings (SSSR count). The molecular weight excluding hydrogens is 230 g/mol. The standard InChI is InChI=1S/C14H21NOS/c1-11(10-17(2)16)15-14-8-13(9-14)12-6-4-3-5-7-12/h3-7,11,13-15H,8-10H2,1-2H3. The van der Waals surface area contributed by atoms with Crippen molar-refractivity contribution >= 4 is 10.8 Å². The van der Waals surface area contributed by atoms with Gasteiger partial charge in [-0.05, 0) is 31.2 Å². The molecular formula is C14H21NOS. The van der Waals surface area contributed by atoms with Crippen LogP contribution in [0.5, 0.6) is 0 Å². The molecule has 0 spiro atoms. The number of benzene rings is 1. The zero-order valence-corrected chi connectivity index (χ0v) is 11.4. The predicted molar refractivity (Wildman–Crippen MR) is 73.7 cm³/mol. The summed E-state index contributed by atoms with van der Waals surface area (Å²) < 4.78 is 11.1. The first-order chi connectivity index (χ1) is 8.15. The van der Waals surface area contributed by atoms with Crippen LogP contribution in [0.15, 0.2) is 30.3 Å². The minimum Gasteiger partial charge on any atom is -0.311 e. The first-order valence-corrected chi connectivity index (χ1v) is 7.99. The van der Waals surface area contributed by atoms with Crippen LogP contribution in [0, 0.1) is 0 Å². The Hall–Kier alpha value is -0.670. The van der Waals surface area contributed by atoms with E-state index in [0.29, 0.717) is 18.0 Å². The van der Waals surface area contributed by atoms with E-state index in [1.54, 1.807) is 6.26 Å². The fraction of sp³-hybridized carbons (Fsp3) is 0.571. The second-order valence-electron chi connectivity index (χ2n) is 5.08. The van der Waals surface area contributed by atoms with Crippen LogP contribution in [0.25, 0.3) is 0 Å². The number of nitrogens with one attached hydrogen (secondary N) is 1. The van der Waals surface area contributed by atoms with Crippen molar-refractivity contribution in [2.75, 3.05) is 12.0 Å². The molecule has 0 amide bonds. The Bertz CT molecular complexity index is 373. The van der Waals surface area contributed by atoms with Crippen molar-refractivity contribution in [3.05, 3.63) is 35.9 Å². The van der Waals surface area contributed by atoms with E-state index in [1.807, 2.05) is 0 Å². The van der Waals surface area contributed by atoms with Gasteiger partial charge in [0.25, 0.3) is 0 Å².